The lowest BCUT2D eigenvalue weighted by atomic mass is 10.5. The number of nitrogens with one attached hydrogen (secondary N) is 1. The number of carbonyl (C=O) groups excluding carboxylic acids is 1. The van der Waals surface area contributed by atoms with Gasteiger partial charge in [-0.05, 0) is 0 Å². The van der Waals surface area contributed by atoms with Crippen LogP contribution in [-0.4, -0.2) is 52.7 Å². The SMILES string of the molecule is COCCOCCCOC(=O)NCCN. The molecule has 6 nitrogen and oxygen atoms in total. The van der Waals surface area contributed by atoms with Gasteiger partial charge in [0.2, 0.25) is 0 Å². The van der Waals surface area contributed by atoms with Crippen LogP contribution in [-0.2, 0) is 14.2 Å². The van der Waals surface area contributed by atoms with Gasteiger partial charge in [-0.25, -0.2) is 4.79 Å². The first-order chi connectivity index (χ1) is 7.31. The summed E-state index contributed by atoms with van der Waals surface area (Å²) in [6.07, 6.45) is 0.247. The highest BCUT2D eigenvalue weighted by Crippen LogP contribution is 1.86. The van der Waals surface area contributed by atoms with E-state index in [1.165, 1.54) is 0 Å². The van der Waals surface area contributed by atoms with Crippen molar-refractivity contribution in [3.63, 3.8) is 0 Å². The average molecular weight is 220 g/mol. The Bertz CT molecular complexity index is 155. The Hall–Kier alpha value is -0.850. The number of methoxy groups -OCH3 is 1. The highest BCUT2D eigenvalue weighted by molar-refractivity contribution is 5.66. The van der Waals surface area contributed by atoms with Crippen molar-refractivity contribution in [1.29, 1.82) is 0 Å². The summed E-state index contributed by atoms with van der Waals surface area (Å²) < 4.78 is 14.8. The first kappa shape index (κ1) is 14.2. The minimum Gasteiger partial charge on any atom is -0.449 e. The van der Waals surface area contributed by atoms with E-state index in [-0.39, 0.29) is 0 Å². The van der Waals surface area contributed by atoms with Gasteiger partial charge in [-0.1, -0.05) is 0 Å². The van der Waals surface area contributed by atoms with Crippen LogP contribution in [0.25, 0.3) is 0 Å². The van der Waals surface area contributed by atoms with E-state index in [9.17, 15) is 4.79 Å². The van der Waals surface area contributed by atoms with Crippen LogP contribution in [0.15, 0.2) is 0 Å². The average Bonchev–Trinajstić information content (AvgIpc) is 2.25. The van der Waals surface area contributed by atoms with Crippen molar-refractivity contribution in [2.75, 3.05) is 46.6 Å². The summed E-state index contributed by atoms with van der Waals surface area (Å²) in [4.78, 5) is 10.9. The molecule has 0 fully saturated rings. The number of hydrogen-bond donors (Lipinski definition) is 2. The molecule has 0 unspecified atom stereocenters. The van der Waals surface area contributed by atoms with Crippen LogP contribution in [0.3, 0.4) is 0 Å². The molecule has 0 aromatic rings. The lowest BCUT2D eigenvalue weighted by molar-refractivity contribution is 0.0597. The van der Waals surface area contributed by atoms with Crippen LogP contribution in [0.2, 0.25) is 0 Å². The largest absolute Gasteiger partial charge is 0.449 e. The van der Waals surface area contributed by atoms with E-state index in [0.29, 0.717) is 45.9 Å². The summed E-state index contributed by atoms with van der Waals surface area (Å²) in [5.74, 6) is 0. The van der Waals surface area contributed by atoms with E-state index in [1.807, 2.05) is 0 Å². The Morgan fingerprint density at radius 1 is 1.27 bits per heavy atom. The third-order valence-electron chi connectivity index (χ3n) is 1.51. The molecule has 0 bridgehead atoms. The fourth-order valence-corrected chi connectivity index (χ4v) is 0.795. The molecule has 0 saturated carbocycles. The van der Waals surface area contributed by atoms with Crippen molar-refractivity contribution in [3.8, 4) is 0 Å². The van der Waals surface area contributed by atoms with Crippen LogP contribution < -0.4 is 11.1 Å². The third kappa shape index (κ3) is 11.1. The first-order valence-corrected chi connectivity index (χ1v) is 4.98. The molecule has 0 aliphatic carbocycles. The molecule has 0 spiro atoms. The number of ether oxygens (including phenoxy) is 3. The van der Waals surface area contributed by atoms with Crippen molar-refractivity contribution in [2.24, 2.45) is 5.73 Å². The molecule has 90 valence electrons. The molecule has 0 radical (unpaired) electrons. The summed E-state index contributed by atoms with van der Waals surface area (Å²) >= 11 is 0. The van der Waals surface area contributed by atoms with Gasteiger partial charge in [0.1, 0.15) is 0 Å². The van der Waals surface area contributed by atoms with Crippen molar-refractivity contribution in [2.45, 2.75) is 6.42 Å². The molecule has 0 aromatic heterocycles. The minimum absolute atomic E-state index is 0.351. The van der Waals surface area contributed by atoms with Crippen molar-refractivity contribution in [3.05, 3.63) is 0 Å². The normalized spacial score (nSPS) is 10.0. The Morgan fingerprint density at radius 3 is 2.73 bits per heavy atom. The van der Waals surface area contributed by atoms with Gasteiger partial charge in [0, 0.05) is 33.2 Å². The van der Waals surface area contributed by atoms with Gasteiger partial charge in [-0.15, -0.1) is 0 Å². The molecule has 15 heavy (non-hydrogen) atoms. The molecule has 0 rings (SSSR count). The second-order valence-corrected chi connectivity index (χ2v) is 2.81. The van der Waals surface area contributed by atoms with Gasteiger partial charge in [0.25, 0.3) is 0 Å². The monoisotopic (exact) mass is 220 g/mol. The van der Waals surface area contributed by atoms with Crippen molar-refractivity contribution in [1.82, 2.24) is 5.32 Å². The smallest absolute Gasteiger partial charge is 0.407 e. The van der Waals surface area contributed by atoms with Gasteiger partial charge in [0.15, 0.2) is 0 Å². The Labute approximate surface area is 90.1 Å². The topological polar surface area (TPSA) is 82.8 Å². The van der Waals surface area contributed by atoms with E-state index in [1.54, 1.807) is 7.11 Å². The van der Waals surface area contributed by atoms with Gasteiger partial charge in [-0.3, -0.25) is 0 Å². The maximum atomic E-state index is 10.9. The summed E-state index contributed by atoms with van der Waals surface area (Å²) in [6.45, 7) is 2.91. The molecule has 0 atom stereocenters. The predicted molar refractivity (Wildman–Crippen MR) is 55.7 cm³/mol. The van der Waals surface area contributed by atoms with Gasteiger partial charge >= 0.3 is 6.09 Å². The van der Waals surface area contributed by atoms with E-state index < -0.39 is 6.09 Å². The van der Waals surface area contributed by atoms with E-state index in [4.69, 9.17) is 19.9 Å². The molecule has 3 N–H and O–H groups in total. The van der Waals surface area contributed by atoms with Crippen molar-refractivity contribution < 1.29 is 19.0 Å². The standard InChI is InChI=1S/C9H20N2O4/c1-13-7-8-14-5-2-6-15-9(12)11-4-3-10/h2-8,10H2,1H3,(H,11,12). The molecule has 1 amide bonds. The number of alkyl carbamates (subject to hydrolysis) is 1. The molecule has 0 aromatic carbocycles. The Morgan fingerprint density at radius 2 is 2.07 bits per heavy atom. The molecule has 0 aliphatic rings. The Balaban J connectivity index is 3.06. The maximum Gasteiger partial charge on any atom is 0.407 e. The molecule has 0 saturated heterocycles. The molecular formula is C9H20N2O4. The zero-order valence-electron chi connectivity index (χ0n) is 9.16. The molecule has 0 heterocycles. The van der Waals surface area contributed by atoms with Crippen LogP contribution in [0.1, 0.15) is 6.42 Å². The molecular weight excluding hydrogens is 200 g/mol. The van der Waals surface area contributed by atoms with E-state index in [0.717, 1.165) is 0 Å². The van der Waals surface area contributed by atoms with Gasteiger partial charge < -0.3 is 25.3 Å². The number of hydrogen-bond acceptors (Lipinski definition) is 5. The zero-order valence-corrected chi connectivity index (χ0v) is 9.16. The minimum atomic E-state index is -0.433. The number of carbonyl (C=O) groups is 1. The lowest BCUT2D eigenvalue weighted by Crippen LogP contribution is -2.29. The summed E-state index contributed by atoms with van der Waals surface area (Å²) in [5, 5.41) is 2.50. The fraction of sp³-hybridized carbons (Fsp3) is 0.889. The van der Waals surface area contributed by atoms with Crippen LogP contribution >= 0.6 is 0 Å². The second-order valence-electron chi connectivity index (χ2n) is 2.81. The summed E-state index contributed by atoms with van der Waals surface area (Å²) in [5.41, 5.74) is 5.20. The zero-order chi connectivity index (χ0) is 11.4. The highest BCUT2D eigenvalue weighted by Gasteiger charge is 1.98. The number of rotatable bonds is 9. The van der Waals surface area contributed by atoms with Gasteiger partial charge in [0.05, 0.1) is 19.8 Å². The van der Waals surface area contributed by atoms with Crippen LogP contribution in [0.5, 0.6) is 0 Å². The van der Waals surface area contributed by atoms with Crippen LogP contribution in [0.4, 0.5) is 4.79 Å². The Kier molecular flexibility index (Phi) is 10.6. The molecule has 6 heteroatoms. The van der Waals surface area contributed by atoms with Gasteiger partial charge in [-0.2, -0.15) is 0 Å². The van der Waals surface area contributed by atoms with Crippen LogP contribution in [0, 0.1) is 0 Å². The lowest BCUT2D eigenvalue weighted by Gasteiger charge is -2.06. The fourth-order valence-electron chi connectivity index (χ4n) is 0.795. The third-order valence-corrected chi connectivity index (χ3v) is 1.51. The number of amides is 1. The highest BCUT2D eigenvalue weighted by atomic mass is 16.6. The number of nitrogens with two attached hydrogens (primary N) is 1. The van der Waals surface area contributed by atoms with Crippen molar-refractivity contribution >= 4 is 6.09 Å². The second kappa shape index (κ2) is 11.2. The maximum absolute atomic E-state index is 10.9. The summed E-state index contributed by atoms with van der Waals surface area (Å²) in [7, 11) is 1.62. The summed E-state index contributed by atoms with van der Waals surface area (Å²) in [6, 6.07) is 0. The first-order valence-electron chi connectivity index (χ1n) is 4.98. The quantitative estimate of drug-likeness (QED) is 0.522. The van der Waals surface area contributed by atoms with E-state index >= 15 is 0 Å². The predicted octanol–water partition coefficient (Wildman–Crippen LogP) is -0.276. The molecule has 0 aliphatic heterocycles. The van der Waals surface area contributed by atoms with E-state index in [2.05, 4.69) is 5.32 Å².